The number of nitrogen functional groups attached to an aromatic ring is 1. The van der Waals surface area contributed by atoms with Gasteiger partial charge in [0.25, 0.3) is 5.91 Å². The van der Waals surface area contributed by atoms with Crippen molar-refractivity contribution in [3.63, 3.8) is 0 Å². The van der Waals surface area contributed by atoms with Gasteiger partial charge in [0.15, 0.2) is 23.1 Å². The molecule has 2 aliphatic rings. The molecule has 5 rings (SSSR count). The molecule has 11 nitrogen and oxygen atoms in total. The summed E-state index contributed by atoms with van der Waals surface area (Å²) in [6.45, 7) is 8.17. The van der Waals surface area contributed by atoms with Crippen LogP contribution in [0.5, 0.6) is 0 Å². The molecule has 13 heteroatoms. The second-order valence-corrected chi connectivity index (χ2v) is 9.85. The maximum atomic E-state index is 15.0. The molecule has 1 amide bonds. The number of fused-ring (bicyclic) bond motifs is 1. The number of aliphatic hydroxyl groups is 1. The number of pyridine rings is 1. The number of likely N-dealkylation sites (tertiary alicyclic amines) is 1. The molecule has 0 radical (unpaired) electrons. The fraction of sp³-hybridized carbons (Fsp3) is 0.500. The van der Waals surface area contributed by atoms with E-state index in [9.17, 15) is 14.3 Å². The average molecular weight is 516 g/mol. The van der Waals surface area contributed by atoms with E-state index in [0.717, 1.165) is 42.6 Å². The average Bonchev–Trinajstić information content (AvgIpc) is 3.48. The molecular weight excluding hydrogens is 484 g/mol. The van der Waals surface area contributed by atoms with Crippen molar-refractivity contribution in [3.8, 4) is 0 Å². The molecule has 2 fully saturated rings. The molecule has 2 unspecified atom stereocenters. The molecular formula is C24H31F2N9O2. The monoisotopic (exact) mass is 515 g/mol. The number of carbonyl (C=O) groups is 1. The van der Waals surface area contributed by atoms with Crippen molar-refractivity contribution in [1.82, 2.24) is 29.4 Å². The lowest BCUT2D eigenvalue weighted by Crippen LogP contribution is -2.53. The molecule has 2 atom stereocenters. The summed E-state index contributed by atoms with van der Waals surface area (Å²) in [5.41, 5.74) is 6.31. The summed E-state index contributed by atoms with van der Waals surface area (Å²) in [5, 5.41) is 17.6. The van der Waals surface area contributed by atoms with Crippen molar-refractivity contribution in [2.45, 2.75) is 32.5 Å². The molecule has 0 aliphatic carbocycles. The third kappa shape index (κ3) is 4.93. The van der Waals surface area contributed by atoms with Crippen LogP contribution in [-0.4, -0.2) is 91.9 Å². The van der Waals surface area contributed by atoms with Gasteiger partial charge in [0.1, 0.15) is 17.5 Å². The minimum Gasteiger partial charge on any atom is -0.381 e. The number of nitrogens with zero attached hydrogens (tertiary/aromatic N) is 7. The summed E-state index contributed by atoms with van der Waals surface area (Å²) in [4.78, 5) is 27.2. The van der Waals surface area contributed by atoms with Crippen LogP contribution < -0.4 is 16.0 Å². The predicted molar refractivity (Wildman–Crippen MR) is 134 cm³/mol. The van der Waals surface area contributed by atoms with Gasteiger partial charge in [-0.25, -0.2) is 18.3 Å². The smallest absolute Gasteiger partial charge is 0.263 e. The Morgan fingerprint density at radius 3 is 2.59 bits per heavy atom. The van der Waals surface area contributed by atoms with Gasteiger partial charge in [-0.3, -0.25) is 14.7 Å². The Balaban J connectivity index is 1.30. The van der Waals surface area contributed by atoms with Gasteiger partial charge in [0.05, 0.1) is 30.5 Å². The first-order valence-electron chi connectivity index (χ1n) is 12.4. The zero-order valence-electron chi connectivity index (χ0n) is 20.8. The molecule has 4 N–H and O–H groups in total. The topological polar surface area (TPSA) is 128 Å². The van der Waals surface area contributed by atoms with E-state index >= 15 is 4.39 Å². The molecule has 2 saturated heterocycles. The Bertz CT molecular complexity index is 1290. The van der Waals surface area contributed by atoms with Crippen molar-refractivity contribution in [3.05, 3.63) is 42.0 Å². The first-order chi connectivity index (χ1) is 17.7. The highest BCUT2D eigenvalue weighted by molar-refractivity contribution is 6.12. The zero-order valence-corrected chi connectivity index (χ0v) is 20.8. The number of rotatable bonds is 6. The van der Waals surface area contributed by atoms with Crippen molar-refractivity contribution < 1.29 is 18.7 Å². The fourth-order valence-electron chi connectivity index (χ4n) is 5.21. The molecule has 0 spiro atoms. The molecule has 0 bridgehead atoms. The molecule has 198 valence electrons. The number of anilines is 3. The highest BCUT2D eigenvalue weighted by atomic mass is 19.1. The van der Waals surface area contributed by atoms with E-state index in [0.29, 0.717) is 32.2 Å². The summed E-state index contributed by atoms with van der Waals surface area (Å²) in [5.74, 6) is -1.83. The van der Waals surface area contributed by atoms with Gasteiger partial charge < -0.3 is 26.0 Å². The third-order valence-electron chi connectivity index (χ3n) is 7.23. The largest absolute Gasteiger partial charge is 0.381 e. The number of nitrogens with one attached hydrogen (secondary N) is 1. The number of aromatic nitrogens is 4. The Morgan fingerprint density at radius 2 is 1.89 bits per heavy atom. The van der Waals surface area contributed by atoms with E-state index in [-0.39, 0.29) is 34.3 Å². The third-order valence-corrected chi connectivity index (χ3v) is 7.23. The lowest BCUT2D eigenvalue weighted by molar-refractivity contribution is -0.0401. The lowest BCUT2D eigenvalue weighted by Gasteiger charge is -2.40. The fourth-order valence-corrected chi connectivity index (χ4v) is 5.21. The quantitative estimate of drug-likeness (QED) is 0.446. The Morgan fingerprint density at radius 1 is 1.14 bits per heavy atom. The van der Waals surface area contributed by atoms with Crippen LogP contribution in [0.15, 0.2) is 24.8 Å². The Labute approximate surface area is 212 Å². The second kappa shape index (κ2) is 10.1. The number of amides is 1. The summed E-state index contributed by atoms with van der Waals surface area (Å²) < 4.78 is 29.6. The number of carbonyl (C=O) groups excluding carboxylic acids is 1. The molecule has 0 aromatic carbocycles. The van der Waals surface area contributed by atoms with Crippen molar-refractivity contribution in [1.29, 1.82) is 0 Å². The van der Waals surface area contributed by atoms with Crippen LogP contribution in [0.3, 0.4) is 0 Å². The number of aliphatic hydroxyl groups excluding tert-OH is 1. The van der Waals surface area contributed by atoms with Gasteiger partial charge in [0, 0.05) is 44.7 Å². The normalized spacial score (nSPS) is 20.2. The van der Waals surface area contributed by atoms with Crippen LogP contribution in [0, 0.1) is 17.6 Å². The Kier molecular flexibility index (Phi) is 6.92. The van der Waals surface area contributed by atoms with Crippen LogP contribution in [-0.2, 0) is 0 Å². The van der Waals surface area contributed by atoms with Crippen molar-refractivity contribution in [2.75, 3.05) is 55.2 Å². The van der Waals surface area contributed by atoms with Gasteiger partial charge in [-0.15, -0.1) is 5.10 Å². The van der Waals surface area contributed by atoms with E-state index in [1.807, 2.05) is 9.80 Å². The minimum atomic E-state index is -0.662. The first kappa shape index (κ1) is 25.2. The van der Waals surface area contributed by atoms with Gasteiger partial charge in [-0.2, -0.15) is 0 Å². The van der Waals surface area contributed by atoms with E-state index in [1.165, 1.54) is 6.20 Å². The molecule has 3 aromatic heterocycles. The number of nitrogens with two attached hydrogens (primary N) is 1. The van der Waals surface area contributed by atoms with Gasteiger partial charge in [-0.1, -0.05) is 0 Å². The molecule has 0 saturated carbocycles. The number of hydrogen-bond donors (Lipinski definition) is 3. The summed E-state index contributed by atoms with van der Waals surface area (Å²) in [6, 6.07) is 0.449. The summed E-state index contributed by atoms with van der Waals surface area (Å²) in [6.07, 6.45) is 4.88. The van der Waals surface area contributed by atoms with E-state index in [4.69, 9.17) is 5.73 Å². The molecule has 37 heavy (non-hydrogen) atoms. The maximum absolute atomic E-state index is 15.0. The second-order valence-electron chi connectivity index (χ2n) is 9.85. The van der Waals surface area contributed by atoms with E-state index < -0.39 is 23.8 Å². The summed E-state index contributed by atoms with van der Waals surface area (Å²) >= 11 is 0. The maximum Gasteiger partial charge on any atom is 0.263 e. The Hall–Kier alpha value is -3.42. The van der Waals surface area contributed by atoms with Gasteiger partial charge >= 0.3 is 0 Å². The van der Waals surface area contributed by atoms with Crippen LogP contribution in [0.4, 0.5) is 26.0 Å². The van der Waals surface area contributed by atoms with E-state index in [2.05, 4.69) is 39.1 Å². The standard InChI is InChI=1S/C24H31F2N9O2/c1-14(2)34-4-3-15(12-34)24(37)33-7-5-32(6-8-33)20-17(26)10-28-11-18(20)30-23(36)19-21(27)31-35-13-16(25)9-29-22(19)35/h9-11,13-15,24,37H,3-8,12H2,1-2H3,(H2,27,31)(H,30,36). The highest BCUT2D eigenvalue weighted by Crippen LogP contribution is 2.31. The van der Waals surface area contributed by atoms with Crippen LogP contribution in [0.2, 0.25) is 0 Å². The molecule has 3 aromatic rings. The first-order valence-corrected chi connectivity index (χ1v) is 12.4. The molecule has 2 aliphatic heterocycles. The number of hydrogen-bond acceptors (Lipinski definition) is 9. The van der Waals surface area contributed by atoms with Crippen LogP contribution >= 0.6 is 0 Å². The van der Waals surface area contributed by atoms with Crippen LogP contribution in [0.1, 0.15) is 30.6 Å². The highest BCUT2D eigenvalue weighted by Gasteiger charge is 2.35. The van der Waals surface area contributed by atoms with Crippen molar-refractivity contribution in [2.24, 2.45) is 5.92 Å². The SMILES string of the molecule is CC(C)N1CCC(C(O)N2CCN(c3c(F)cncc3NC(=O)c3c(N)nn4cc(F)cnc34)CC2)C1. The van der Waals surface area contributed by atoms with E-state index in [1.54, 1.807) is 0 Å². The lowest BCUT2D eigenvalue weighted by atomic mass is 10.1. The number of piperazine rings is 1. The number of halogens is 2. The zero-order chi connectivity index (χ0) is 26.3. The van der Waals surface area contributed by atoms with Crippen LogP contribution in [0.25, 0.3) is 5.65 Å². The minimum absolute atomic E-state index is 0.0462. The van der Waals surface area contributed by atoms with Gasteiger partial charge in [0.2, 0.25) is 0 Å². The van der Waals surface area contributed by atoms with Crippen molar-refractivity contribution >= 4 is 28.7 Å². The van der Waals surface area contributed by atoms with Gasteiger partial charge in [-0.05, 0) is 26.8 Å². The summed E-state index contributed by atoms with van der Waals surface area (Å²) in [7, 11) is 0. The molecule has 5 heterocycles. The predicted octanol–water partition coefficient (Wildman–Crippen LogP) is 1.41.